The lowest BCUT2D eigenvalue weighted by molar-refractivity contribution is 0.624. The standard InChI is InChI=1S/C14H22FN3/c1-2-3-9-17-14(16)18-10-5-7-12-6-4-8-13(15)11-12/h4,6,8,11H,2-3,5,7,9-10H2,1H3,(H3,16,17,18). The Kier molecular flexibility index (Phi) is 6.84. The van der Waals surface area contributed by atoms with Crippen LogP contribution >= 0.6 is 0 Å². The summed E-state index contributed by atoms with van der Waals surface area (Å²) < 4.78 is 12.9. The van der Waals surface area contributed by atoms with Gasteiger partial charge in [-0.25, -0.2) is 4.39 Å². The van der Waals surface area contributed by atoms with Gasteiger partial charge in [-0.15, -0.1) is 0 Å². The lowest BCUT2D eigenvalue weighted by Gasteiger charge is -2.04. The predicted octanol–water partition coefficient (Wildman–Crippen LogP) is 2.46. The summed E-state index contributed by atoms with van der Waals surface area (Å²) >= 11 is 0. The third kappa shape index (κ3) is 6.23. The van der Waals surface area contributed by atoms with Crippen molar-refractivity contribution in [3.05, 3.63) is 35.6 Å². The number of nitrogens with two attached hydrogens (primary N) is 1. The number of benzene rings is 1. The minimum Gasteiger partial charge on any atom is -0.370 e. The third-order valence-electron chi connectivity index (χ3n) is 2.63. The molecule has 0 amide bonds. The molecule has 0 aliphatic rings. The maximum Gasteiger partial charge on any atom is 0.188 e. The number of halogens is 1. The number of hydrogen-bond acceptors (Lipinski definition) is 1. The average molecular weight is 251 g/mol. The molecule has 0 atom stereocenters. The van der Waals surface area contributed by atoms with E-state index in [1.807, 2.05) is 6.07 Å². The first-order valence-corrected chi connectivity index (χ1v) is 6.50. The molecule has 0 saturated carbocycles. The number of guanidine groups is 1. The molecule has 18 heavy (non-hydrogen) atoms. The number of nitrogens with one attached hydrogen (secondary N) is 1. The van der Waals surface area contributed by atoms with E-state index in [1.54, 1.807) is 12.1 Å². The van der Waals surface area contributed by atoms with Gasteiger partial charge in [0.15, 0.2) is 5.96 Å². The van der Waals surface area contributed by atoms with Crippen molar-refractivity contribution in [2.24, 2.45) is 10.7 Å². The van der Waals surface area contributed by atoms with E-state index in [-0.39, 0.29) is 5.82 Å². The molecule has 0 spiro atoms. The number of aliphatic imine (C=N–C) groups is 1. The summed E-state index contributed by atoms with van der Waals surface area (Å²) in [4.78, 5) is 4.22. The van der Waals surface area contributed by atoms with Crippen molar-refractivity contribution in [3.63, 3.8) is 0 Å². The molecule has 3 nitrogen and oxygen atoms in total. The van der Waals surface area contributed by atoms with Crippen LogP contribution in [-0.2, 0) is 6.42 Å². The van der Waals surface area contributed by atoms with Crippen LogP contribution in [0.15, 0.2) is 29.3 Å². The summed E-state index contributed by atoms with van der Waals surface area (Å²) in [6.07, 6.45) is 3.93. The molecule has 100 valence electrons. The van der Waals surface area contributed by atoms with Crippen LogP contribution in [0.3, 0.4) is 0 Å². The van der Waals surface area contributed by atoms with Crippen LogP contribution in [0.1, 0.15) is 31.7 Å². The molecule has 0 aliphatic heterocycles. The van der Waals surface area contributed by atoms with Crippen molar-refractivity contribution < 1.29 is 4.39 Å². The Morgan fingerprint density at radius 1 is 1.39 bits per heavy atom. The first kappa shape index (κ1) is 14.5. The van der Waals surface area contributed by atoms with Gasteiger partial charge >= 0.3 is 0 Å². The fraction of sp³-hybridized carbons (Fsp3) is 0.500. The van der Waals surface area contributed by atoms with E-state index in [2.05, 4.69) is 17.2 Å². The fourth-order valence-electron chi connectivity index (χ4n) is 1.62. The van der Waals surface area contributed by atoms with E-state index >= 15 is 0 Å². The van der Waals surface area contributed by atoms with Crippen molar-refractivity contribution in [3.8, 4) is 0 Å². The quantitative estimate of drug-likeness (QED) is 0.444. The maximum atomic E-state index is 12.9. The zero-order valence-corrected chi connectivity index (χ0v) is 11.0. The van der Waals surface area contributed by atoms with Gasteiger partial charge in [-0.2, -0.15) is 0 Å². The number of aryl methyl sites for hydroxylation is 1. The van der Waals surface area contributed by atoms with Gasteiger partial charge in [0.2, 0.25) is 0 Å². The summed E-state index contributed by atoms with van der Waals surface area (Å²) in [7, 11) is 0. The fourth-order valence-corrected chi connectivity index (χ4v) is 1.62. The largest absolute Gasteiger partial charge is 0.370 e. The van der Waals surface area contributed by atoms with Crippen LogP contribution in [0, 0.1) is 5.82 Å². The Labute approximate surface area is 108 Å². The van der Waals surface area contributed by atoms with Crippen molar-refractivity contribution >= 4 is 5.96 Å². The Hall–Kier alpha value is -1.58. The molecule has 0 unspecified atom stereocenters. The summed E-state index contributed by atoms with van der Waals surface area (Å²) in [5.41, 5.74) is 6.70. The second kappa shape index (κ2) is 8.50. The molecule has 0 heterocycles. The minimum absolute atomic E-state index is 0.184. The lowest BCUT2D eigenvalue weighted by Crippen LogP contribution is -2.32. The zero-order chi connectivity index (χ0) is 13.2. The topological polar surface area (TPSA) is 50.4 Å². The maximum absolute atomic E-state index is 12.9. The summed E-state index contributed by atoms with van der Waals surface area (Å²) in [6, 6.07) is 6.67. The molecular weight excluding hydrogens is 229 g/mol. The van der Waals surface area contributed by atoms with Crippen molar-refractivity contribution in [2.75, 3.05) is 13.1 Å². The second-order valence-corrected chi connectivity index (χ2v) is 4.28. The van der Waals surface area contributed by atoms with Crippen LogP contribution in [0.4, 0.5) is 4.39 Å². The van der Waals surface area contributed by atoms with Crippen LogP contribution in [0.5, 0.6) is 0 Å². The minimum atomic E-state index is -0.184. The number of hydrogen-bond donors (Lipinski definition) is 2. The van der Waals surface area contributed by atoms with Gasteiger partial charge in [0, 0.05) is 13.1 Å². The molecule has 0 radical (unpaired) electrons. The first-order chi connectivity index (χ1) is 8.72. The van der Waals surface area contributed by atoms with Crippen LogP contribution in [0.25, 0.3) is 0 Å². The molecule has 4 heteroatoms. The summed E-state index contributed by atoms with van der Waals surface area (Å²) in [5.74, 6) is 0.319. The SMILES string of the molecule is CCCCNC(N)=NCCCc1cccc(F)c1. The van der Waals surface area contributed by atoms with Crippen molar-refractivity contribution in [1.29, 1.82) is 0 Å². The number of rotatable bonds is 7. The van der Waals surface area contributed by atoms with Crippen LogP contribution < -0.4 is 11.1 Å². The van der Waals surface area contributed by atoms with E-state index in [4.69, 9.17) is 5.73 Å². The average Bonchev–Trinajstić information content (AvgIpc) is 2.35. The monoisotopic (exact) mass is 251 g/mol. The molecule has 0 fully saturated rings. The molecule has 0 aromatic heterocycles. The van der Waals surface area contributed by atoms with E-state index in [1.165, 1.54) is 6.07 Å². The van der Waals surface area contributed by atoms with Gasteiger partial charge in [-0.05, 0) is 37.0 Å². The highest BCUT2D eigenvalue weighted by molar-refractivity contribution is 5.77. The van der Waals surface area contributed by atoms with Gasteiger partial charge < -0.3 is 11.1 Å². The first-order valence-electron chi connectivity index (χ1n) is 6.50. The number of unbranched alkanes of at least 4 members (excludes halogenated alkanes) is 1. The summed E-state index contributed by atoms with van der Waals surface area (Å²) in [5, 5.41) is 3.06. The van der Waals surface area contributed by atoms with Crippen molar-refractivity contribution in [2.45, 2.75) is 32.6 Å². The normalized spacial score (nSPS) is 11.6. The molecule has 1 rings (SSSR count). The van der Waals surface area contributed by atoms with Crippen molar-refractivity contribution in [1.82, 2.24) is 5.32 Å². The van der Waals surface area contributed by atoms with Gasteiger partial charge in [0.05, 0.1) is 0 Å². The molecule has 3 N–H and O–H groups in total. The van der Waals surface area contributed by atoms with E-state index in [0.717, 1.165) is 37.8 Å². The Morgan fingerprint density at radius 2 is 2.22 bits per heavy atom. The van der Waals surface area contributed by atoms with Gasteiger partial charge in [0.1, 0.15) is 5.82 Å². The second-order valence-electron chi connectivity index (χ2n) is 4.28. The van der Waals surface area contributed by atoms with Crippen LogP contribution in [-0.4, -0.2) is 19.0 Å². The van der Waals surface area contributed by atoms with E-state index in [0.29, 0.717) is 12.5 Å². The zero-order valence-electron chi connectivity index (χ0n) is 11.0. The highest BCUT2D eigenvalue weighted by Crippen LogP contribution is 2.05. The van der Waals surface area contributed by atoms with Gasteiger partial charge in [-0.3, -0.25) is 4.99 Å². The number of nitrogens with zero attached hydrogens (tertiary/aromatic N) is 1. The van der Waals surface area contributed by atoms with Gasteiger partial charge in [-0.1, -0.05) is 25.5 Å². The van der Waals surface area contributed by atoms with Gasteiger partial charge in [0.25, 0.3) is 0 Å². The molecule has 0 saturated heterocycles. The smallest absolute Gasteiger partial charge is 0.188 e. The van der Waals surface area contributed by atoms with E-state index in [9.17, 15) is 4.39 Å². The molecule has 0 aliphatic carbocycles. The third-order valence-corrected chi connectivity index (χ3v) is 2.63. The molecular formula is C14H22FN3. The van der Waals surface area contributed by atoms with Crippen LogP contribution in [0.2, 0.25) is 0 Å². The van der Waals surface area contributed by atoms with E-state index < -0.39 is 0 Å². The highest BCUT2D eigenvalue weighted by Gasteiger charge is 1.95. The summed E-state index contributed by atoms with van der Waals surface area (Å²) in [6.45, 7) is 3.67. The molecule has 0 bridgehead atoms. The molecule has 1 aromatic rings. The molecule has 1 aromatic carbocycles. The highest BCUT2D eigenvalue weighted by atomic mass is 19.1. The Bertz CT molecular complexity index is 377. The lowest BCUT2D eigenvalue weighted by atomic mass is 10.1. The predicted molar refractivity (Wildman–Crippen MR) is 74.1 cm³/mol. The Balaban J connectivity index is 2.19. The Morgan fingerprint density at radius 3 is 2.94 bits per heavy atom.